The number of benzene rings is 2. The van der Waals surface area contributed by atoms with Crippen molar-refractivity contribution in [1.82, 2.24) is 0 Å². The Morgan fingerprint density at radius 2 is 2.06 bits per heavy atom. The van der Waals surface area contributed by atoms with E-state index >= 15 is 0 Å². The van der Waals surface area contributed by atoms with Crippen LogP contribution >= 0.6 is 11.6 Å². The summed E-state index contributed by atoms with van der Waals surface area (Å²) in [6.07, 6.45) is 0. The number of rotatable bonds is 3. The maximum atomic E-state index is 9.04. The SMILES string of the molecule is N#Cc1cc(Cl)ccc1Oc1cccc(CO)c1. The highest BCUT2D eigenvalue weighted by Crippen LogP contribution is 2.27. The standard InChI is InChI=1S/C14H10ClNO2/c15-12-4-5-14(11(7-12)8-16)18-13-3-1-2-10(6-13)9-17/h1-7,17H,9H2. The first-order valence-electron chi connectivity index (χ1n) is 5.30. The fraction of sp³-hybridized carbons (Fsp3) is 0.0714. The quantitative estimate of drug-likeness (QED) is 0.918. The highest BCUT2D eigenvalue weighted by Gasteiger charge is 2.05. The average molecular weight is 260 g/mol. The van der Waals surface area contributed by atoms with Crippen molar-refractivity contribution < 1.29 is 9.84 Å². The number of aliphatic hydroxyl groups is 1. The molecule has 18 heavy (non-hydrogen) atoms. The zero-order chi connectivity index (χ0) is 13.0. The normalized spacial score (nSPS) is 9.83. The number of nitrogens with zero attached hydrogens (tertiary/aromatic N) is 1. The first kappa shape index (κ1) is 12.4. The number of ether oxygens (including phenoxy) is 1. The van der Waals surface area contributed by atoms with Gasteiger partial charge in [0.15, 0.2) is 0 Å². The fourth-order valence-electron chi connectivity index (χ4n) is 1.51. The van der Waals surface area contributed by atoms with Gasteiger partial charge >= 0.3 is 0 Å². The topological polar surface area (TPSA) is 53.2 Å². The van der Waals surface area contributed by atoms with Gasteiger partial charge in [-0.25, -0.2) is 0 Å². The molecule has 2 rings (SSSR count). The van der Waals surface area contributed by atoms with Crippen molar-refractivity contribution in [3.63, 3.8) is 0 Å². The molecule has 0 bridgehead atoms. The van der Waals surface area contributed by atoms with Gasteiger partial charge in [0.05, 0.1) is 12.2 Å². The molecule has 0 heterocycles. The summed E-state index contributed by atoms with van der Waals surface area (Å²) in [5, 5.41) is 18.5. The minimum atomic E-state index is -0.0527. The van der Waals surface area contributed by atoms with Crippen LogP contribution in [-0.2, 0) is 6.61 Å². The van der Waals surface area contributed by atoms with E-state index in [0.29, 0.717) is 22.1 Å². The van der Waals surface area contributed by atoms with Gasteiger partial charge in [-0.3, -0.25) is 0 Å². The molecule has 1 N–H and O–H groups in total. The summed E-state index contributed by atoms with van der Waals surface area (Å²) in [5.74, 6) is 1.01. The number of hydrogen-bond acceptors (Lipinski definition) is 3. The van der Waals surface area contributed by atoms with E-state index in [4.69, 9.17) is 26.7 Å². The van der Waals surface area contributed by atoms with E-state index in [2.05, 4.69) is 0 Å². The first-order valence-corrected chi connectivity index (χ1v) is 5.68. The van der Waals surface area contributed by atoms with Gasteiger partial charge in [0, 0.05) is 5.02 Å². The number of hydrogen-bond donors (Lipinski definition) is 1. The Bertz CT molecular complexity index is 605. The number of nitriles is 1. The summed E-state index contributed by atoms with van der Waals surface area (Å²) in [6.45, 7) is -0.0527. The summed E-state index contributed by atoms with van der Waals surface area (Å²) in [6, 6.07) is 13.9. The minimum absolute atomic E-state index is 0.0527. The Morgan fingerprint density at radius 1 is 1.22 bits per heavy atom. The Morgan fingerprint density at radius 3 is 2.78 bits per heavy atom. The second kappa shape index (κ2) is 5.54. The molecular weight excluding hydrogens is 250 g/mol. The van der Waals surface area contributed by atoms with E-state index in [1.165, 1.54) is 0 Å². The van der Waals surface area contributed by atoms with Gasteiger partial charge < -0.3 is 9.84 Å². The molecule has 3 nitrogen and oxygen atoms in total. The first-order chi connectivity index (χ1) is 8.72. The predicted octanol–water partition coefficient (Wildman–Crippen LogP) is 3.50. The molecule has 2 aromatic rings. The molecule has 0 aliphatic heterocycles. The van der Waals surface area contributed by atoms with Gasteiger partial charge in [0.2, 0.25) is 0 Å². The van der Waals surface area contributed by atoms with Gasteiger partial charge in [0.25, 0.3) is 0 Å². The lowest BCUT2D eigenvalue weighted by Crippen LogP contribution is -1.90. The average Bonchev–Trinajstić information content (AvgIpc) is 2.41. The lowest BCUT2D eigenvalue weighted by atomic mass is 10.2. The van der Waals surface area contributed by atoms with Crippen molar-refractivity contribution >= 4 is 11.6 Å². The lowest BCUT2D eigenvalue weighted by Gasteiger charge is -2.08. The molecule has 0 fully saturated rings. The predicted molar refractivity (Wildman–Crippen MR) is 68.6 cm³/mol. The molecule has 0 aromatic heterocycles. The van der Waals surface area contributed by atoms with Crippen LogP contribution in [-0.4, -0.2) is 5.11 Å². The van der Waals surface area contributed by atoms with Crippen molar-refractivity contribution in [3.05, 3.63) is 58.6 Å². The molecule has 0 unspecified atom stereocenters. The van der Waals surface area contributed by atoms with Gasteiger partial charge in [0.1, 0.15) is 17.6 Å². The summed E-state index contributed by atoms with van der Waals surface area (Å²) < 4.78 is 5.61. The molecule has 0 spiro atoms. The summed E-state index contributed by atoms with van der Waals surface area (Å²) in [5.41, 5.74) is 1.12. The third-order valence-corrected chi connectivity index (χ3v) is 2.61. The molecular formula is C14H10ClNO2. The summed E-state index contributed by atoms with van der Waals surface area (Å²) in [7, 11) is 0. The Hall–Kier alpha value is -2.02. The maximum absolute atomic E-state index is 9.04. The lowest BCUT2D eigenvalue weighted by molar-refractivity contribution is 0.281. The van der Waals surface area contributed by atoms with Crippen LogP contribution in [0.3, 0.4) is 0 Å². The molecule has 0 amide bonds. The zero-order valence-electron chi connectivity index (χ0n) is 9.43. The second-order valence-corrected chi connectivity index (χ2v) is 4.10. The van der Waals surface area contributed by atoms with Crippen molar-refractivity contribution in [1.29, 1.82) is 5.26 Å². The van der Waals surface area contributed by atoms with Gasteiger partial charge in [-0.05, 0) is 35.9 Å². The molecule has 2 aromatic carbocycles. The second-order valence-electron chi connectivity index (χ2n) is 3.66. The van der Waals surface area contributed by atoms with Crippen molar-refractivity contribution in [2.45, 2.75) is 6.61 Å². The third kappa shape index (κ3) is 2.80. The minimum Gasteiger partial charge on any atom is -0.456 e. The molecule has 0 radical (unpaired) electrons. The van der Waals surface area contributed by atoms with Crippen LogP contribution in [0.1, 0.15) is 11.1 Å². The molecule has 0 saturated carbocycles. The fourth-order valence-corrected chi connectivity index (χ4v) is 1.68. The Kier molecular flexibility index (Phi) is 3.83. The van der Waals surface area contributed by atoms with E-state index in [1.54, 1.807) is 42.5 Å². The maximum Gasteiger partial charge on any atom is 0.145 e. The van der Waals surface area contributed by atoms with Crippen molar-refractivity contribution in [2.75, 3.05) is 0 Å². The Labute approximate surface area is 110 Å². The third-order valence-electron chi connectivity index (χ3n) is 2.37. The number of halogens is 1. The van der Waals surface area contributed by atoms with Crippen LogP contribution in [0.25, 0.3) is 0 Å². The summed E-state index contributed by atoms with van der Waals surface area (Å²) >= 11 is 5.81. The van der Waals surface area contributed by atoms with E-state index in [9.17, 15) is 0 Å². The van der Waals surface area contributed by atoms with E-state index in [-0.39, 0.29) is 6.61 Å². The highest BCUT2D eigenvalue weighted by molar-refractivity contribution is 6.30. The van der Waals surface area contributed by atoms with Crippen molar-refractivity contribution in [3.8, 4) is 17.6 Å². The van der Waals surface area contributed by atoms with Crippen LogP contribution in [0.15, 0.2) is 42.5 Å². The van der Waals surface area contributed by atoms with E-state index < -0.39 is 0 Å². The molecule has 0 aliphatic rings. The summed E-state index contributed by atoms with van der Waals surface area (Å²) in [4.78, 5) is 0. The Balaban J connectivity index is 2.31. The number of aliphatic hydroxyl groups excluding tert-OH is 1. The van der Waals surface area contributed by atoms with Gasteiger partial charge in [-0.15, -0.1) is 0 Å². The van der Waals surface area contributed by atoms with Crippen LogP contribution < -0.4 is 4.74 Å². The molecule has 90 valence electrons. The van der Waals surface area contributed by atoms with Gasteiger partial charge in [-0.2, -0.15) is 5.26 Å². The van der Waals surface area contributed by atoms with Crippen LogP contribution in [0.5, 0.6) is 11.5 Å². The zero-order valence-corrected chi connectivity index (χ0v) is 10.2. The largest absolute Gasteiger partial charge is 0.456 e. The van der Waals surface area contributed by atoms with Crippen LogP contribution in [0.2, 0.25) is 5.02 Å². The van der Waals surface area contributed by atoms with E-state index in [0.717, 1.165) is 5.56 Å². The molecule has 4 heteroatoms. The molecule has 0 saturated heterocycles. The highest BCUT2D eigenvalue weighted by atomic mass is 35.5. The monoisotopic (exact) mass is 259 g/mol. The molecule has 0 atom stereocenters. The molecule has 0 aliphatic carbocycles. The van der Waals surface area contributed by atoms with Gasteiger partial charge in [-0.1, -0.05) is 23.7 Å². The van der Waals surface area contributed by atoms with E-state index in [1.807, 2.05) is 6.07 Å². The van der Waals surface area contributed by atoms with Crippen molar-refractivity contribution in [2.24, 2.45) is 0 Å². The van der Waals surface area contributed by atoms with Crippen LogP contribution in [0.4, 0.5) is 0 Å². The smallest absolute Gasteiger partial charge is 0.145 e. The van der Waals surface area contributed by atoms with Crippen LogP contribution in [0, 0.1) is 11.3 Å².